The fraction of sp³-hybridized carbons (Fsp3) is 1.00. The molecule has 0 spiro atoms. The molecule has 1 atom stereocenters. The van der Waals surface area contributed by atoms with Gasteiger partial charge in [0.25, 0.3) is 0 Å². The number of fused-ring (bicyclic) bond motifs is 1. The van der Waals surface area contributed by atoms with E-state index >= 15 is 0 Å². The van der Waals surface area contributed by atoms with Crippen LogP contribution in [0.25, 0.3) is 0 Å². The molecule has 0 aromatic heterocycles. The summed E-state index contributed by atoms with van der Waals surface area (Å²) < 4.78 is 40.0. The Kier molecular flexibility index (Phi) is 4.97. The van der Waals surface area contributed by atoms with Gasteiger partial charge < -0.3 is 9.84 Å². The maximum absolute atomic E-state index is 11.9. The molecule has 118 valence electrons. The molecule has 1 saturated carbocycles. The zero-order chi connectivity index (χ0) is 14.8. The Morgan fingerprint density at radius 2 is 1.80 bits per heavy atom. The topological polar surface area (TPSA) is 32.7 Å². The predicted molar refractivity (Wildman–Crippen MR) is 69.4 cm³/mol. The number of nitrogens with zero attached hydrogens (tertiary/aromatic N) is 1. The summed E-state index contributed by atoms with van der Waals surface area (Å²) in [5.41, 5.74) is 0.236. The zero-order valence-corrected chi connectivity index (χ0v) is 12.0. The van der Waals surface area contributed by atoms with Gasteiger partial charge in [-0.25, -0.2) is 0 Å². The maximum Gasteiger partial charge on any atom is 0.414 e. The number of alkyl halides is 3. The molecule has 3 fully saturated rings. The number of rotatable bonds is 3. The van der Waals surface area contributed by atoms with E-state index in [2.05, 4.69) is 9.64 Å². The Labute approximate surface area is 118 Å². The van der Waals surface area contributed by atoms with E-state index in [0.29, 0.717) is 19.4 Å². The molecular weight excluding hydrogens is 271 g/mol. The molecule has 2 aliphatic heterocycles. The summed E-state index contributed by atoms with van der Waals surface area (Å²) in [5, 5.41) is 9.19. The minimum atomic E-state index is -4.17. The Morgan fingerprint density at radius 3 is 2.05 bits per heavy atom. The van der Waals surface area contributed by atoms with Crippen LogP contribution in [0.5, 0.6) is 0 Å². The number of methoxy groups -OCH3 is 1. The third kappa shape index (κ3) is 3.46. The van der Waals surface area contributed by atoms with Crippen molar-refractivity contribution < 1.29 is 23.0 Å². The van der Waals surface area contributed by atoms with Gasteiger partial charge in [-0.1, -0.05) is 0 Å². The molecular formula is C14H24F3NO2. The van der Waals surface area contributed by atoms with Crippen LogP contribution in [0.4, 0.5) is 13.2 Å². The van der Waals surface area contributed by atoms with Crippen molar-refractivity contribution in [2.75, 3.05) is 26.8 Å². The third-order valence-corrected chi connectivity index (χ3v) is 4.73. The van der Waals surface area contributed by atoms with Gasteiger partial charge in [0.1, 0.15) is 0 Å². The second kappa shape index (κ2) is 6.20. The van der Waals surface area contributed by atoms with Gasteiger partial charge in [-0.05, 0) is 57.5 Å². The standard InChI is InChI=1S/C8H15NO.C6H9F3O/c10-7-8-3-1-5-9(8)6-2-4-8;1-10-5(4-2-3-4)6(7,8)9/h10H,1-7H2;4-5H,2-3H2,1H3. The monoisotopic (exact) mass is 295 g/mol. The summed E-state index contributed by atoms with van der Waals surface area (Å²) in [6, 6.07) is 0. The first kappa shape index (κ1) is 16.0. The Morgan fingerprint density at radius 1 is 1.25 bits per heavy atom. The van der Waals surface area contributed by atoms with E-state index in [1.807, 2.05) is 0 Å². The molecule has 1 aliphatic carbocycles. The van der Waals surface area contributed by atoms with Crippen LogP contribution in [0.1, 0.15) is 38.5 Å². The van der Waals surface area contributed by atoms with Crippen molar-refractivity contribution in [3.05, 3.63) is 0 Å². The van der Waals surface area contributed by atoms with E-state index in [1.165, 1.54) is 38.8 Å². The van der Waals surface area contributed by atoms with Gasteiger partial charge in [0.15, 0.2) is 6.10 Å². The lowest BCUT2D eigenvalue weighted by molar-refractivity contribution is -0.218. The Bertz CT molecular complexity index is 308. The van der Waals surface area contributed by atoms with Gasteiger partial charge in [-0.3, -0.25) is 4.90 Å². The molecule has 2 heterocycles. The van der Waals surface area contributed by atoms with Crippen LogP contribution in [0, 0.1) is 5.92 Å². The molecule has 3 rings (SSSR count). The smallest absolute Gasteiger partial charge is 0.394 e. The average Bonchev–Trinajstić information content (AvgIpc) is 2.98. The summed E-state index contributed by atoms with van der Waals surface area (Å²) in [6.45, 7) is 2.83. The highest BCUT2D eigenvalue weighted by molar-refractivity contribution is 4.99. The van der Waals surface area contributed by atoms with Gasteiger partial charge in [0.05, 0.1) is 6.61 Å². The second-order valence-electron chi connectivity index (χ2n) is 6.11. The van der Waals surface area contributed by atoms with Crippen molar-refractivity contribution >= 4 is 0 Å². The molecule has 0 amide bonds. The maximum atomic E-state index is 11.9. The number of aliphatic hydroxyl groups is 1. The minimum Gasteiger partial charge on any atom is -0.394 e. The Balaban J connectivity index is 0.000000147. The molecule has 0 bridgehead atoms. The molecule has 0 aromatic rings. The number of halogens is 3. The lowest BCUT2D eigenvalue weighted by atomic mass is 9.96. The fourth-order valence-electron chi connectivity index (χ4n) is 3.48. The van der Waals surface area contributed by atoms with Gasteiger partial charge in [0.2, 0.25) is 0 Å². The van der Waals surface area contributed by atoms with E-state index in [4.69, 9.17) is 0 Å². The van der Waals surface area contributed by atoms with E-state index in [-0.39, 0.29) is 11.5 Å². The first-order chi connectivity index (χ1) is 9.43. The highest BCUT2D eigenvalue weighted by Gasteiger charge is 2.49. The molecule has 20 heavy (non-hydrogen) atoms. The molecule has 6 heteroatoms. The number of hydrogen-bond donors (Lipinski definition) is 1. The Hall–Kier alpha value is -0.330. The number of ether oxygens (including phenoxy) is 1. The zero-order valence-electron chi connectivity index (χ0n) is 12.0. The first-order valence-corrected chi connectivity index (χ1v) is 7.38. The fourth-order valence-corrected chi connectivity index (χ4v) is 3.48. The van der Waals surface area contributed by atoms with Gasteiger partial charge in [0, 0.05) is 12.6 Å². The van der Waals surface area contributed by atoms with Gasteiger partial charge in [-0.15, -0.1) is 0 Å². The quantitative estimate of drug-likeness (QED) is 0.868. The summed E-state index contributed by atoms with van der Waals surface area (Å²) >= 11 is 0. The summed E-state index contributed by atoms with van der Waals surface area (Å²) in [7, 11) is 1.11. The largest absolute Gasteiger partial charge is 0.414 e. The lowest BCUT2D eigenvalue weighted by Gasteiger charge is -2.29. The lowest BCUT2D eigenvalue weighted by Crippen LogP contribution is -2.41. The van der Waals surface area contributed by atoms with Crippen LogP contribution in [0.15, 0.2) is 0 Å². The van der Waals surface area contributed by atoms with Gasteiger partial charge >= 0.3 is 6.18 Å². The van der Waals surface area contributed by atoms with Gasteiger partial charge in [-0.2, -0.15) is 13.2 Å². The molecule has 0 aromatic carbocycles. The summed E-state index contributed by atoms with van der Waals surface area (Å²) in [6.07, 6.45) is 0.646. The molecule has 2 saturated heterocycles. The number of aliphatic hydroxyl groups excluding tert-OH is 1. The average molecular weight is 295 g/mol. The van der Waals surface area contributed by atoms with Crippen LogP contribution >= 0.6 is 0 Å². The van der Waals surface area contributed by atoms with Crippen LogP contribution in [0.3, 0.4) is 0 Å². The van der Waals surface area contributed by atoms with Crippen molar-refractivity contribution in [1.82, 2.24) is 4.90 Å². The van der Waals surface area contributed by atoms with Crippen molar-refractivity contribution in [3.63, 3.8) is 0 Å². The van der Waals surface area contributed by atoms with Crippen LogP contribution in [0.2, 0.25) is 0 Å². The molecule has 1 unspecified atom stereocenters. The number of hydrogen-bond acceptors (Lipinski definition) is 3. The van der Waals surface area contributed by atoms with Crippen LogP contribution in [-0.4, -0.2) is 54.6 Å². The van der Waals surface area contributed by atoms with E-state index < -0.39 is 12.3 Å². The molecule has 1 N–H and O–H groups in total. The SMILES string of the molecule is COC(C1CC1)C(F)(F)F.OCC12CCCN1CCC2. The third-order valence-electron chi connectivity index (χ3n) is 4.73. The van der Waals surface area contributed by atoms with Crippen LogP contribution in [-0.2, 0) is 4.74 Å². The summed E-state index contributed by atoms with van der Waals surface area (Å²) in [4.78, 5) is 2.47. The van der Waals surface area contributed by atoms with Crippen molar-refractivity contribution in [2.45, 2.75) is 56.3 Å². The predicted octanol–water partition coefficient (Wildman–Crippen LogP) is 2.58. The molecule has 0 radical (unpaired) electrons. The molecule has 3 nitrogen and oxygen atoms in total. The highest BCUT2D eigenvalue weighted by atomic mass is 19.4. The minimum absolute atomic E-state index is 0.236. The summed E-state index contributed by atoms with van der Waals surface area (Å²) in [5.74, 6) is -0.273. The van der Waals surface area contributed by atoms with E-state index in [0.717, 1.165) is 7.11 Å². The molecule has 3 aliphatic rings. The van der Waals surface area contributed by atoms with Crippen molar-refractivity contribution in [3.8, 4) is 0 Å². The first-order valence-electron chi connectivity index (χ1n) is 7.38. The van der Waals surface area contributed by atoms with E-state index in [9.17, 15) is 18.3 Å². The highest BCUT2D eigenvalue weighted by Crippen LogP contribution is 2.41. The van der Waals surface area contributed by atoms with Crippen molar-refractivity contribution in [1.29, 1.82) is 0 Å². The van der Waals surface area contributed by atoms with Crippen LogP contribution < -0.4 is 0 Å². The van der Waals surface area contributed by atoms with Crippen molar-refractivity contribution in [2.24, 2.45) is 5.92 Å². The van der Waals surface area contributed by atoms with E-state index in [1.54, 1.807) is 0 Å². The normalized spacial score (nSPS) is 26.9. The second-order valence-corrected chi connectivity index (χ2v) is 6.11.